The summed E-state index contributed by atoms with van der Waals surface area (Å²) in [5.41, 5.74) is 1.55. The Labute approximate surface area is 181 Å². The highest BCUT2D eigenvalue weighted by atomic mass is 79.9. The zero-order chi connectivity index (χ0) is 20.7. The van der Waals surface area contributed by atoms with Crippen molar-refractivity contribution >= 4 is 15.9 Å². The van der Waals surface area contributed by atoms with Gasteiger partial charge in [0.25, 0.3) is 0 Å². The van der Waals surface area contributed by atoms with E-state index in [9.17, 15) is 0 Å². The minimum atomic E-state index is -0.426. The van der Waals surface area contributed by atoms with Crippen molar-refractivity contribution in [3.8, 4) is 29.1 Å². The maximum atomic E-state index is 6.45. The Hall–Kier alpha value is -2.16. The quantitative estimate of drug-likeness (QED) is 0.516. The lowest BCUT2D eigenvalue weighted by atomic mass is 9.85. The fourth-order valence-corrected chi connectivity index (χ4v) is 3.95. The van der Waals surface area contributed by atoms with Crippen molar-refractivity contribution in [2.75, 3.05) is 21.3 Å². The second-order valence-electron chi connectivity index (χ2n) is 7.12. The molecule has 0 unspecified atom stereocenters. The largest absolute Gasteiger partial charge is 0.497 e. The number of ether oxygens (including phenoxy) is 4. The van der Waals surface area contributed by atoms with Crippen LogP contribution < -0.4 is 14.2 Å². The number of hydrogen-bond acceptors (Lipinski definition) is 4. The second kappa shape index (κ2) is 10.0. The number of rotatable bonds is 6. The molecule has 29 heavy (non-hydrogen) atoms. The Bertz CT molecular complexity index is 874. The average Bonchev–Trinajstić information content (AvgIpc) is 2.77. The van der Waals surface area contributed by atoms with Gasteiger partial charge in [0.2, 0.25) is 0 Å². The second-order valence-corrected chi connectivity index (χ2v) is 7.98. The number of halogens is 1. The third kappa shape index (κ3) is 5.46. The third-order valence-corrected chi connectivity index (χ3v) is 5.98. The molecule has 0 N–H and O–H groups in total. The van der Waals surface area contributed by atoms with Crippen LogP contribution in [0.4, 0.5) is 0 Å². The van der Waals surface area contributed by atoms with Crippen molar-refractivity contribution in [2.45, 2.75) is 44.3 Å². The molecule has 0 spiro atoms. The topological polar surface area (TPSA) is 36.9 Å². The lowest BCUT2D eigenvalue weighted by Gasteiger charge is -2.33. The summed E-state index contributed by atoms with van der Waals surface area (Å²) in [6, 6.07) is 11.7. The van der Waals surface area contributed by atoms with E-state index < -0.39 is 5.60 Å². The summed E-state index contributed by atoms with van der Waals surface area (Å²) in [4.78, 5) is 0. The Morgan fingerprint density at radius 1 is 0.897 bits per heavy atom. The molecule has 1 aliphatic carbocycles. The molecule has 1 fully saturated rings. The molecule has 0 aliphatic heterocycles. The predicted molar refractivity (Wildman–Crippen MR) is 118 cm³/mol. The first-order valence-electron chi connectivity index (χ1n) is 9.81. The fourth-order valence-electron chi connectivity index (χ4n) is 3.51. The molecule has 2 aromatic carbocycles. The summed E-state index contributed by atoms with van der Waals surface area (Å²) >= 11 is 3.62. The van der Waals surface area contributed by atoms with Crippen molar-refractivity contribution in [3.05, 3.63) is 52.0 Å². The van der Waals surface area contributed by atoms with Gasteiger partial charge >= 0.3 is 0 Å². The van der Waals surface area contributed by atoms with E-state index in [-0.39, 0.29) is 0 Å². The summed E-state index contributed by atoms with van der Waals surface area (Å²) in [7, 11) is 4.93. The van der Waals surface area contributed by atoms with Gasteiger partial charge in [0.15, 0.2) is 11.5 Å². The average molecular weight is 459 g/mol. The van der Waals surface area contributed by atoms with Gasteiger partial charge in [-0.3, -0.25) is 0 Å². The van der Waals surface area contributed by atoms with Crippen LogP contribution in [-0.2, 0) is 11.3 Å². The molecule has 0 bridgehead atoms. The summed E-state index contributed by atoms with van der Waals surface area (Å²) in [5.74, 6) is 8.97. The minimum absolute atomic E-state index is 0.426. The molecule has 0 aromatic heterocycles. The zero-order valence-corrected chi connectivity index (χ0v) is 18.8. The first-order chi connectivity index (χ1) is 14.1. The molecule has 3 rings (SSSR count). The molecule has 0 saturated heterocycles. The van der Waals surface area contributed by atoms with Gasteiger partial charge in [-0.1, -0.05) is 34.2 Å². The van der Waals surface area contributed by atoms with E-state index in [2.05, 4.69) is 27.8 Å². The van der Waals surface area contributed by atoms with E-state index in [0.29, 0.717) is 18.1 Å². The van der Waals surface area contributed by atoms with Gasteiger partial charge in [-0.15, -0.1) is 0 Å². The summed E-state index contributed by atoms with van der Waals surface area (Å²) in [5, 5.41) is 0. The summed E-state index contributed by atoms with van der Waals surface area (Å²) < 4.78 is 23.4. The smallest absolute Gasteiger partial charge is 0.161 e. The first-order valence-corrected chi connectivity index (χ1v) is 10.6. The third-order valence-electron chi connectivity index (χ3n) is 5.24. The van der Waals surface area contributed by atoms with E-state index in [1.807, 2.05) is 36.4 Å². The SMILES string of the molecule is COc1ccc(C#CC2(OCc3cc(OC)c(OC)cc3Br)CCCCC2)cc1. The van der Waals surface area contributed by atoms with Crippen LogP contribution >= 0.6 is 15.9 Å². The highest BCUT2D eigenvalue weighted by Gasteiger charge is 2.31. The Morgan fingerprint density at radius 3 is 2.17 bits per heavy atom. The van der Waals surface area contributed by atoms with Crippen LogP contribution in [-0.4, -0.2) is 26.9 Å². The van der Waals surface area contributed by atoms with Crippen LogP contribution in [0.15, 0.2) is 40.9 Å². The Balaban J connectivity index is 1.80. The molecule has 0 radical (unpaired) electrons. The Kier molecular flexibility index (Phi) is 7.46. The molecule has 154 valence electrons. The van der Waals surface area contributed by atoms with Crippen molar-refractivity contribution in [1.82, 2.24) is 0 Å². The monoisotopic (exact) mass is 458 g/mol. The lowest BCUT2D eigenvalue weighted by molar-refractivity contribution is -0.0372. The van der Waals surface area contributed by atoms with E-state index >= 15 is 0 Å². The molecular weight excluding hydrogens is 432 g/mol. The van der Waals surface area contributed by atoms with Crippen LogP contribution in [0.25, 0.3) is 0 Å². The fraction of sp³-hybridized carbons (Fsp3) is 0.417. The minimum Gasteiger partial charge on any atom is -0.497 e. The number of hydrogen-bond donors (Lipinski definition) is 0. The van der Waals surface area contributed by atoms with Crippen molar-refractivity contribution in [3.63, 3.8) is 0 Å². The molecule has 1 aliphatic rings. The first kappa shape index (κ1) is 21.5. The van der Waals surface area contributed by atoms with Gasteiger partial charge in [-0.2, -0.15) is 0 Å². The lowest BCUT2D eigenvalue weighted by Crippen LogP contribution is -2.33. The van der Waals surface area contributed by atoms with Gasteiger partial charge in [0, 0.05) is 10.0 Å². The molecule has 1 saturated carbocycles. The highest BCUT2D eigenvalue weighted by molar-refractivity contribution is 9.10. The molecule has 2 aromatic rings. The van der Waals surface area contributed by atoms with Gasteiger partial charge in [0.05, 0.1) is 27.9 Å². The van der Waals surface area contributed by atoms with Gasteiger partial charge < -0.3 is 18.9 Å². The number of benzene rings is 2. The summed E-state index contributed by atoms with van der Waals surface area (Å²) in [6.07, 6.45) is 5.38. The van der Waals surface area contributed by atoms with Crippen LogP contribution in [0.1, 0.15) is 43.2 Å². The van der Waals surface area contributed by atoms with Crippen LogP contribution in [0.2, 0.25) is 0 Å². The van der Waals surface area contributed by atoms with Crippen molar-refractivity contribution in [1.29, 1.82) is 0 Å². The molecule has 5 heteroatoms. The van der Waals surface area contributed by atoms with Gasteiger partial charge in [-0.25, -0.2) is 0 Å². The van der Waals surface area contributed by atoms with E-state index in [0.717, 1.165) is 47.0 Å². The van der Waals surface area contributed by atoms with Crippen molar-refractivity contribution < 1.29 is 18.9 Å². The van der Waals surface area contributed by atoms with Gasteiger partial charge in [0.1, 0.15) is 11.4 Å². The normalized spacial score (nSPS) is 15.2. The van der Waals surface area contributed by atoms with Gasteiger partial charge in [-0.05, 0) is 67.6 Å². The maximum absolute atomic E-state index is 6.45. The molecular formula is C24H27BrO4. The zero-order valence-electron chi connectivity index (χ0n) is 17.2. The number of methoxy groups -OCH3 is 3. The van der Waals surface area contributed by atoms with E-state index in [4.69, 9.17) is 18.9 Å². The molecule has 4 nitrogen and oxygen atoms in total. The Morgan fingerprint density at radius 2 is 1.55 bits per heavy atom. The molecule has 0 atom stereocenters. The van der Waals surface area contributed by atoms with E-state index in [1.54, 1.807) is 21.3 Å². The predicted octanol–water partition coefficient (Wildman–Crippen LogP) is 5.75. The highest BCUT2D eigenvalue weighted by Crippen LogP contribution is 2.36. The molecule has 0 heterocycles. The van der Waals surface area contributed by atoms with Crippen LogP contribution in [0, 0.1) is 11.8 Å². The standard InChI is InChI=1S/C24H27BrO4/c1-26-20-9-7-18(8-10-20)11-14-24(12-5-4-6-13-24)29-17-19-15-22(27-2)23(28-3)16-21(19)25/h7-10,15-16H,4-6,12-13,17H2,1-3H3. The van der Waals surface area contributed by atoms with Crippen LogP contribution in [0.3, 0.4) is 0 Å². The summed E-state index contributed by atoms with van der Waals surface area (Å²) in [6.45, 7) is 0.457. The molecule has 0 amide bonds. The van der Waals surface area contributed by atoms with Crippen LogP contribution in [0.5, 0.6) is 17.2 Å². The van der Waals surface area contributed by atoms with Crippen molar-refractivity contribution in [2.24, 2.45) is 0 Å². The van der Waals surface area contributed by atoms with E-state index in [1.165, 1.54) is 6.42 Å². The maximum Gasteiger partial charge on any atom is 0.161 e.